The highest BCUT2D eigenvalue weighted by Gasteiger charge is 2.25. The summed E-state index contributed by atoms with van der Waals surface area (Å²) in [7, 11) is 0. The Morgan fingerprint density at radius 3 is 2.86 bits per heavy atom. The van der Waals surface area contributed by atoms with E-state index in [0.717, 1.165) is 47.7 Å². The summed E-state index contributed by atoms with van der Waals surface area (Å²) >= 11 is 0. The van der Waals surface area contributed by atoms with Crippen molar-refractivity contribution in [1.29, 1.82) is 5.26 Å². The molecule has 6 heteroatoms. The molecule has 1 fully saturated rings. The van der Waals surface area contributed by atoms with Crippen molar-refractivity contribution in [2.75, 3.05) is 0 Å². The minimum absolute atomic E-state index is 0.218. The van der Waals surface area contributed by atoms with Gasteiger partial charge in [-0.3, -0.25) is 9.79 Å². The molecule has 0 radical (unpaired) electrons. The van der Waals surface area contributed by atoms with Gasteiger partial charge in [-0.05, 0) is 42.5 Å². The first-order chi connectivity index (χ1) is 14.1. The molecule has 1 aromatic carbocycles. The normalized spacial score (nSPS) is 24.0. The van der Waals surface area contributed by atoms with Crippen molar-refractivity contribution < 1.29 is 9.90 Å². The highest BCUT2D eigenvalue weighted by Crippen LogP contribution is 2.23. The Balaban J connectivity index is 1.61. The number of carbonyl (C=O) groups is 1. The van der Waals surface area contributed by atoms with Crippen LogP contribution in [0.3, 0.4) is 0 Å². The number of nitrogens with one attached hydrogen (secondary N) is 1. The molecule has 29 heavy (non-hydrogen) atoms. The van der Waals surface area contributed by atoms with E-state index in [1.54, 1.807) is 6.21 Å². The molecule has 3 unspecified atom stereocenters. The summed E-state index contributed by atoms with van der Waals surface area (Å²) < 4.78 is 0. The van der Waals surface area contributed by atoms with Crippen molar-refractivity contribution >= 4 is 23.0 Å². The molecule has 1 aromatic heterocycles. The van der Waals surface area contributed by atoms with Crippen molar-refractivity contribution in [3.63, 3.8) is 0 Å². The molecule has 1 aliphatic carbocycles. The molecule has 2 N–H and O–H groups in total. The molecule has 3 atom stereocenters. The molecule has 2 heterocycles. The number of aliphatic imine (C=N–C) groups is 1. The number of fused-ring (bicyclic) bond motifs is 1. The summed E-state index contributed by atoms with van der Waals surface area (Å²) in [6, 6.07) is 11.2. The van der Waals surface area contributed by atoms with Crippen molar-refractivity contribution in [3.8, 4) is 6.07 Å². The lowest BCUT2D eigenvalue weighted by Crippen LogP contribution is -2.45. The summed E-state index contributed by atoms with van der Waals surface area (Å²) in [6.45, 7) is 0. The highest BCUT2D eigenvalue weighted by molar-refractivity contribution is 5.96. The SMILES string of the molecule is N#CC1CC=C(Cc2cc(C(=O)NC3CCCCC3O)nc3ccccc23)C=N1. The third-order valence-corrected chi connectivity index (χ3v) is 5.65. The van der Waals surface area contributed by atoms with Gasteiger partial charge in [0.1, 0.15) is 11.7 Å². The van der Waals surface area contributed by atoms with Crippen molar-refractivity contribution in [2.45, 2.75) is 56.7 Å². The van der Waals surface area contributed by atoms with E-state index in [1.165, 1.54) is 0 Å². The Morgan fingerprint density at radius 2 is 2.10 bits per heavy atom. The Morgan fingerprint density at radius 1 is 1.28 bits per heavy atom. The van der Waals surface area contributed by atoms with E-state index in [1.807, 2.05) is 36.4 Å². The lowest BCUT2D eigenvalue weighted by molar-refractivity contribution is 0.0714. The van der Waals surface area contributed by atoms with Gasteiger partial charge in [-0.2, -0.15) is 5.26 Å². The molecular formula is C23H24N4O2. The van der Waals surface area contributed by atoms with Gasteiger partial charge < -0.3 is 10.4 Å². The van der Waals surface area contributed by atoms with Crippen LogP contribution in [-0.4, -0.2) is 40.4 Å². The second-order valence-corrected chi connectivity index (χ2v) is 7.73. The van der Waals surface area contributed by atoms with E-state index in [2.05, 4.69) is 21.4 Å². The van der Waals surface area contributed by atoms with Gasteiger partial charge in [-0.1, -0.05) is 37.1 Å². The third kappa shape index (κ3) is 4.36. The zero-order valence-electron chi connectivity index (χ0n) is 16.2. The standard InChI is InChI=1S/C23H24N4O2/c24-13-17-10-9-15(14-25-17)11-16-12-21(26-19-6-2-1-5-18(16)19)23(29)27-20-7-3-4-8-22(20)28/h1-2,5-6,9,12,14,17,20,22,28H,3-4,7-8,10-11H2,(H,27,29). The van der Waals surface area contributed by atoms with Crippen LogP contribution in [0.25, 0.3) is 10.9 Å². The van der Waals surface area contributed by atoms with Gasteiger partial charge in [0.15, 0.2) is 0 Å². The number of allylic oxidation sites excluding steroid dienone is 1. The molecule has 0 saturated heterocycles. The number of nitrogens with zero attached hydrogens (tertiary/aromatic N) is 3. The lowest BCUT2D eigenvalue weighted by Gasteiger charge is -2.28. The van der Waals surface area contributed by atoms with Crippen LogP contribution in [0.5, 0.6) is 0 Å². The number of carbonyl (C=O) groups excluding carboxylic acids is 1. The highest BCUT2D eigenvalue weighted by atomic mass is 16.3. The van der Waals surface area contributed by atoms with Gasteiger partial charge in [-0.25, -0.2) is 4.98 Å². The van der Waals surface area contributed by atoms with Crippen molar-refractivity contribution in [1.82, 2.24) is 10.3 Å². The fourth-order valence-electron chi connectivity index (χ4n) is 4.02. The molecule has 4 rings (SSSR count). The fourth-order valence-corrected chi connectivity index (χ4v) is 4.02. The summed E-state index contributed by atoms with van der Waals surface area (Å²) in [6.07, 6.45) is 8.04. The maximum Gasteiger partial charge on any atom is 0.270 e. The van der Waals surface area contributed by atoms with E-state index in [4.69, 9.17) is 5.26 Å². The van der Waals surface area contributed by atoms with E-state index >= 15 is 0 Å². The van der Waals surface area contributed by atoms with Gasteiger partial charge in [0.2, 0.25) is 0 Å². The molecule has 0 spiro atoms. The second kappa shape index (κ2) is 8.54. The Bertz CT molecular complexity index is 1020. The quantitative estimate of drug-likeness (QED) is 0.841. The Hall–Kier alpha value is -3.04. The molecule has 2 aromatic rings. The Labute approximate surface area is 170 Å². The first-order valence-corrected chi connectivity index (χ1v) is 10.1. The number of nitriles is 1. The van der Waals surface area contributed by atoms with Gasteiger partial charge >= 0.3 is 0 Å². The zero-order valence-corrected chi connectivity index (χ0v) is 16.2. The predicted octanol–water partition coefficient (Wildman–Crippen LogP) is 3.10. The van der Waals surface area contributed by atoms with Crippen molar-refractivity contribution in [2.24, 2.45) is 4.99 Å². The van der Waals surface area contributed by atoms with Gasteiger partial charge in [0.05, 0.1) is 23.7 Å². The minimum atomic E-state index is -0.496. The molecular weight excluding hydrogens is 364 g/mol. The number of rotatable bonds is 4. The van der Waals surface area contributed by atoms with Gasteiger partial charge in [0, 0.05) is 18.0 Å². The van der Waals surface area contributed by atoms with Crippen LogP contribution in [-0.2, 0) is 6.42 Å². The number of aliphatic hydroxyl groups excluding tert-OH is 1. The molecule has 1 saturated carbocycles. The zero-order chi connectivity index (χ0) is 20.2. The first-order valence-electron chi connectivity index (χ1n) is 10.1. The molecule has 6 nitrogen and oxygen atoms in total. The van der Waals surface area contributed by atoms with Crippen LogP contribution in [0.15, 0.2) is 47.0 Å². The van der Waals surface area contributed by atoms with Gasteiger partial charge in [-0.15, -0.1) is 0 Å². The number of pyridine rings is 1. The maximum absolute atomic E-state index is 12.9. The minimum Gasteiger partial charge on any atom is -0.391 e. The third-order valence-electron chi connectivity index (χ3n) is 5.65. The molecule has 2 aliphatic rings. The second-order valence-electron chi connectivity index (χ2n) is 7.73. The van der Waals surface area contributed by atoms with Crippen LogP contribution in [0, 0.1) is 11.3 Å². The van der Waals surface area contributed by atoms with Crippen LogP contribution in [0.4, 0.5) is 0 Å². The summed E-state index contributed by atoms with van der Waals surface area (Å²) in [5.74, 6) is -0.251. The summed E-state index contributed by atoms with van der Waals surface area (Å²) in [4.78, 5) is 21.7. The number of aromatic nitrogens is 1. The number of hydrogen-bond donors (Lipinski definition) is 2. The number of aliphatic hydroxyl groups is 1. The van der Waals surface area contributed by atoms with E-state index in [-0.39, 0.29) is 18.0 Å². The molecule has 148 valence electrons. The summed E-state index contributed by atoms with van der Waals surface area (Å²) in [5, 5.41) is 23.1. The number of para-hydroxylation sites is 1. The average molecular weight is 388 g/mol. The topological polar surface area (TPSA) is 98.4 Å². The number of hydrogen-bond acceptors (Lipinski definition) is 5. The van der Waals surface area contributed by atoms with Crippen LogP contribution in [0.1, 0.15) is 48.2 Å². The largest absolute Gasteiger partial charge is 0.391 e. The summed E-state index contributed by atoms with van der Waals surface area (Å²) in [5.41, 5.74) is 3.15. The number of dihydropyridines is 1. The van der Waals surface area contributed by atoms with Gasteiger partial charge in [0.25, 0.3) is 5.91 Å². The monoisotopic (exact) mass is 388 g/mol. The van der Waals surface area contributed by atoms with Crippen LogP contribution in [0.2, 0.25) is 0 Å². The number of benzene rings is 1. The van der Waals surface area contributed by atoms with E-state index < -0.39 is 6.10 Å². The number of amides is 1. The maximum atomic E-state index is 12.9. The van der Waals surface area contributed by atoms with Crippen LogP contribution >= 0.6 is 0 Å². The molecule has 1 amide bonds. The Kier molecular flexibility index (Phi) is 5.68. The first kappa shape index (κ1) is 19.3. The molecule has 1 aliphatic heterocycles. The predicted molar refractivity (Wildman–Crippen MR) is 112 cm³/mol. The smallest absolute Gasteiger partial charge is 0.270 e. The van der Waals surface area contributed by atoms with Crippen LogP contribution < -0.4 is 5.32 Å². The van der Waals surface area contributed by atoms with E-state index in [0.29, 0.717) is 18.5 Å². The molecule has 0 bridgehead atoms. The fraction of sp³-hybridized carbons (Fsp3) is 0.391. The van der Waals surface area contributed by atoms with Crippen molar-refractivity contribution in [3.05, 3.63) is 53.2 Å². The average Bonchev–Trinajstić information content (AvgIpc) is 2.76. The lowest BCUT2D eigenvalue weighted by atomic mass is 9.92. The van der Waals surface area contributed by atoms with E-state index in [9.17, 15) is 9.90 Å².